The second-order valence-corrected chi connectivity index (χ2v) is 4.08. The molecule has 0 spiro atoms. The van der Waals surface area contributed by atoms with E-state index in [4.69, 9.17) is 0 Å². The van der Waals surface area contributed by atoms with Crippen molar-refractivity contribution < 1.29 is 0 Å². The standard InChI is InChI=1S/C8H17N2S/c1-6-7(2)11-8(9-3)10(4)5/h7H,3,6H2,1-2,4-5H3/q+1. The highest BCUT2D eigenvalue weighted by molar-refractivity contribution is 8.14. The Hall–Kier alpha value is -0.400. The molecular weight excluding hydrogens is 156 g/mol. The van der Waals surface area contributed by atoms with Gasteiger partial charge in [-0.3, -0.25) is 0 Å². The molecule has 3 heteroatoms. The zero-order chi connectivity index (χ0) is 8.85. The zero-order valence-electron chi connectivity index (χ0n) is 7.79. The fourth-order valence-electron chi connectivity index (χ4n) is 0.547. The van der Waals surface area contributed by atoms with Crippen molar-refractivity contribution in [3.8, 4) is 0 Å². The maximum Gasteiger partial charge on any atom is 0.405 e. The van der Waals surface area contributed by atoms with Crippen molar-refractivity contribution in [1.29, 1.82) is 0 Å². The van der Waals surface area contributed by atoms with Crippen molar-refractivity contribution in [3.63, 3.8) is 0 Å². The number of amidine groups is 1. The highest BCUT2D eigenvalue weighted by atomic mass is 32.2. The molecule has 0 aromatic carbocycles. The van der Waals surface area contributed by atoms with Crippen LogP contribution >= 0.6 is 11.8 Å². The van der Waals surface area contributed by atoms with Gasteiger partial charge in [-0.15, -0.1) is 0 Å². The molecule has 0 aliphatic heterocycles. The first-order chi connectivity index (χ1) is 5.11. The summed E-state index contributed by atoms with van der Waals surface area (Å²) in [6.07, 6.45) is 1.16. The normalized spacial score (nSPS) is 12.0. The smallest absolute Gasteiger partial charge is 0.247 e. The van der Waals surface area contributed by atoms with Gasteiger partial charge in [0.05, 0.1) is 14.1 Å². The fourth-order valence-corrected chi connectivity index (χ4v) is 1.36. The molecule has 0 aliphatic carbocycles. The number of thioether (sulfide) groups is 1. The summed E-state index contributed by atoms with van der Waals surface area (Å²) in [6.45, 7) is 7.89. The van der Waals surface area contributed by atoms with Gasteiger partial charge in [0.2, 0.25) is 0 Å². The molecule has 11 heavy (non-hydrogen) atoms. The van der Waals surface area contributed by atoms with Crippen LogP contribution in [0.3, 0.4) is 0 Å². The highest BCUT2D eigenvalue weighted by Crippen LogP contribution is 2.14. The summed E-state index contributed by atoms with van der Waals surface area (Å²) < 4.78 is 3.93. The van der Waals surface area contributed by atoms with Gasteiger partial charge in [0.25, 0.3) is 0 Å². The Bertz CT molecular complexity index is 159. The Morgan fingerprint density at radius 3 is 2.45 bits per heavy atom. The van der Waals surface area contributed by atoms with Crippen LogP contribution in [0, 0.1) is 0 Å². The molecule has 0 saturated heterocycles. The van der Waals surface area contributed by atoms with Gasteiger partial charge >= 0.3 is 5.17 Å². The first-order valence-electron chi connectivity index (χ1n) is 3.79. The van der Waals surface area contributed by atoms with E-state index in [2.05, 4.69) is 25.2 Å². The predicted molar refractivity (Wildman–Crippen MR) is 55.3 cm³/mol. The van der Waals surface area contributed by atoms with Crippen LogP contribution in [0.1, 0.15) is 20.3 Å². The average Bonchev–Trinajstić information content (AvgIpc) is 1.99. The summed E-state index contributed by atoms with van der Waals surface area (Å²) in [5, 5.41) is 1.62. The molecule has 0 amide bonds. The van der Waals surface area contributed by atoms with Crippen LogP contribution in [-0.2, 0) is 0 Å². The summed E-state index contributed by atoms with van der Waals surface area (Å²) in [5.41, 5.74) is 0. The second-order valence-electron chi connectivity index (χ2n) is 2.67. The lowest BCUT2D eigenvalue weighted by atomic mass is 10.4. The van der Waals surface area contributed by atoms with Crippen LogP contribution in [0.15, 0.2) is 0 Å². The first kappa shape index (κ1) is 10.6. The van der Waals surface area contributed by atoms with Crippen molar-refractivity contribution >= 4 is 23.6 Å². The average molecular weight is 173 g/mol. The van der Waals surface area contributed by atoms with Gasteiger partial charge in [-0.25, -0.2) is 9.57 Å². The minimum Gasteiger partial charge on any atom is -0.247 e. The topological polar surface area (TPSA) is 17.3 Å². The maximum atomic E-state index is 3.93. The third kappa shape index (κ3) is 4.12. The minimum absolute atomic E-state index is 0.623. The number of hydrogen-bond donors (Lipinski definition) is 0. The first-order valence-corrected chi connectivity index (χ1v) is 4.67. The van der Waals surface area contributed by atoms with E-state index in [-0.39, 0.29) is 0 Å². The molecule has 0 fully saturated rings. The maximum absolute atomic E-state index is 3.93. The molecule has 0 saturated carbocycles. The molecule has 2 nitrogen and oxygen atoms in total. The minimum atomic E-state index is 0.623. The van der Waals surface area contributed by atoms with Crippen LogP contribution in [0.5, 0.6) is 0 Å². The molecule has 0 aromatic rings. The molecule has 64 valence electrons. The lowest BCUT2D eigenvalue weighted by Crippen LogP contribution is -2.22. The molecule has 1 atom stereocenters. The largest absolute Gasteiger partial charge is 0.405 e. The van der Waals surface area contributed by atoms with E-state index in [0.717, 1.165) is 11.6 Å². The molecule has 0 radical (unpaired) electrons. The van der Waals surface area contributed by atoms with Crippen LogP contribution in [0.2, 0.25) is 0 Å². The van der Waals surface area contributed by atoms with Crippen molar-refractivity contribution in [2.75, 3.05) is 14.1 Å². The third-order valence-electron chi connectivity index (χ3n) is 1.40. The van der Waals surface area contributed by atoms with Crippen molar-refractivity contribution in [2.45, 2.75) is 25.5 Å². The molecular formula is C8H17N2S+. The van der Waals surface area contributed by atoms with E-state index >= 15 is 0 Å². The van der Waals surface area contributed by atoms with Crippen LogP contribution in [-0.4, -0.2) is 36.1 Å². The Morgan fingerprint density at radius 2 is 2.18 bits per heavy atom. The van der Waals surface area contributed by atoms with E-state index in [0.29, 0.717) is 5.25 Å². The molecule has 0 heterocycles. The number of hydrogen-bond acceptors (Lipinski definition) is 1. The Morgan fingerprint density at radius 1 is 1.64 bits per heavy atom. The lowest BCUT2D eigenvalue weighted by Gasteiger charge is -2.06. The second kappa shape index (κ2) is 5.28. The van der Waals surface area contributed by atoms with E-state index in [9.17, 15) is 0 Å². The summed E-state index contributed by atoms with van der Waals surface area (Å²) in [7, 11) is 3.97. The number of rotatable bonds is 2. The van der Waals surface area contributed by atoms with Crippen LogP contribution in [0.4, 0.5) is 0 Å². The van der Waals surface area contributed by atoms with Gasteiger partial charge in [-0.1, -0.05) is 13.8 Å². The highest BCUT2D eigenvalue weighted by Gasteiger charge is 2.15. The summed E-state index contributed by atoms with van der Waals surface area (Å²) >= 11 is 1.77. The van der Waals surface area contributed by atoms with E-state index in [1.165, 1.54) is 0 Å². The molecule has 0 rings (SSSR count). The van der Waals surface area contributed by atoms with Crippen molar-refractivity contribution in [1.82, 2.24) is 9.57 Å². The molecule has 1 unspecified atom stereocenters. The van der Waals surface area contributed by atoms with Crippen LogP contribution < -0.4 is 4.67 Å². The molecule has 0 N–H and O–H groups in total. The van der Waals surface area contributed by atoms with Crippen molar-refractivity contribution in [2.24, 2.45) is 0 Å². The lowest BCUT2D eigenvalue weighted by molar-refractivity contribution is 0.635. The SMILES string of the molecule is C=[N+]=C(SC(C)CC)N(C)C. The Labute approximate surface area is 73.4 Å². The van der Waals surface area contributed by atoms with Gasteiger partial charge < -0.3 is 0 Å². The third-order valence-corrected chi connectivity index (χ3v) is 2.84. The Kier molecular flexibility index (Phi) is 5.08. The summed E-state index contributed by atoms with van der Waals surface area (Å²) in [4.78, 5) is 1.99. The fraction of sp³-hybridized carbons (Fsp3) is 0.750. The molecule has 0 aliphatic rings. The summed E-state index contributed by atoms with van der Waals surface area (Å²) in [6, 6.07) is 0. The molecule has 0 aromatic heterocycles. The van der Waals surface area contributed by atoms with Gasteiger partial charge in [-0.2, -0.15) is 0 Å². The van der Waals surface area contributed by atoms with Gasteiger partial charge in [0.15, 0.2) is 6.72 Å². The number of nitrogens with zero attached hydrogens (tertiary/aromatic N) is 2. The van der Waals surface area contributed by atoms with Gasteiger partial charge in [0.1, 0.15) is 0 Å². The van der Waals surface area contributed by atoms with E-state index in [1.807, 2.05) is 19.0 Å². The summed E-state index contributed by atoms with van der Waals surface area (Å²) in [5.74, 6) is 0. The van der Waals surface area contributed by atoms with E-state index < -0.39 is 0 Å². The van der Waals surface area contributed by atoms with Crippen molar-refractivity contribution in [3.05, 3.63) is 0 Å². The Balaban J connectivity index is 4.00. The predicted octanol–water partition coefficient (Wildman–Crippen LogP) is 1.20. The van der Waals surface area contributed by atoms with Gasteiger partial charge in [0, 0.05) is 5.25 Å². The molecule has 0 bridgehead atoms. The zero-order valence-corrected chi connectivity index (χ0v) is 8.61. The van der Waals surface area contributed by atoms with Gasteiger partial charge in [-0.05, 0) is 18.2 Å². The monoisotopic (exact) mass is 173 g/mol. The quantitative estimate of drug-likeness (QED) is 0.355. The van der Waals surface area contributed by atoms with Crippen LogP contribution in [0.25, 0.3) is 0 Å². The van der Waals surface area contributed by atoms with E-state index in [1.54, 1.807) is 11.8 Å².